The Balaban J connectivity index is 2.80. The first kappa shape index (κ1) is 14.3. The van der Waals surface area contributed by atoms with E-state index in [1.165, 1.54) is 0 Å². The van der Waals surface area contributed by atoms with E-state index in [1.54, 1.807) is 12.1 Å². The van der Waals surface area contributed by atoms with Gasteiger partial charge in [-0.15, -0.1) is 0 Å². The number of carbonyl (C=O) groups excluding carboxylic acids is 1. The number of hydrogen-bond acceptors (Lipinski definition) is 5. The average Bonchev–Trinajstić information content (AvgIpc) is 2.27. The molecule has 0 radical (unpaired) electrons. The third kappa shape index (κ3) is 3.92. The molecule has 5 heteroatoms. The summed E-state index contributed by atoms with van der Waals surface area (Å²) < 4.78 is 5.22. The van der Waals surface area contributed by atoms with Crippen LogP contribution in [0.25, 0.3) is 0 Å². The number of likely N-dealkylation sites (N-methyl/N-ethyl adjacent to an activating group) is 1. The van der Waals surface area contributed by atoms with E-state index in [1.807, 2.05) is 44.1 Å². The summed E-state index contributed by atoms with van der Waals surface area (Å²) in [5.74, 6) is -0.340. The Morgan fingerprint density at radius 1 is 1.28 bits per heavy atom. The summed E-state index contributed by atoms with van der Waals surface area (Å²) in [6.45, 7) is 1.07. The molecule has 0 bridgehead atoms. The molecule has 100 valence electrons. The number of benzene rings is 1. The Labute approximate surface area is 108 Å². The second kappa shape index (κ2) is 6.26. The van der Waals surface area contributed by atoms with Crippen LogP contribution in [0.2, 0.25) is 0 Å². The number of rotatable bonds is 5. The molecule has 0 aliphatic heterocycles. The molecular weight excluding hydrogens is 230 g/mol. The second-order valence-electron chi connectivity index (χ2n) is 4.61. The third-order valence-electron chi connectivity index (χ3n) is 2.49. The normalized spacial score (nSPS) is 10.5. The summed E-state index contributed by atoms with van der Waals surface area (Å²) in [5, 5.41) is 0. The maximum atomic E-state index is 12.0. The maximum absolute atomic E-state index is 12.0. The van der Waals surface area contributed by atoms with Crippen LogP contribution in [0.1, 0.15) is 10.4 Å². The number of esters is 1. The molecule has 0 atom stereocenters. The van der Waals surface area contributed by atoms with E-state index in [2.05, 4.69) is 0 Å². The second-order valence-corrected chi connectivity index (χ2v) is 4.61. The molecular formula is C13H21N3O2. The van der Waals surface area contributed by atoms with Crippen LogP contribution in [-0.2, 0) is 4.74 Å². The monoisotopic (exact) mass is 251 g/mol. The van der Waals surface area contributed by atoms with Crippen LogP contribution in [0.4, 0.5) is 11.4 Å². The highest BCUT2D eigenvalue weighted by Crippen LogP contribution is 2.22. The van der Waals surface area contributed by atoms with Crippen molar-refractivity contribution in [1.29, 1.82) is 0 Å². The topological polar surface area (TPSA) is 58.8 Å². The zero-order valence-electron chi connectivity index (χ0n) is 11.4. The largest absolute Gasteiger partial charge is 0.461 e. The molecule has 0 spiro atoms. The molecule has 18 heavy (non-hydrogen) atoms. The summed E-state index contributed by atoms with van der Waals surface area (Å²) in [7, 11) is 7.61. The van der Waals surface area contributed by atoms with Crippen molar-refractivity contribution in [2.45, 2.75) is 0 Å². The minimum Gasteiger partial charge on any atom is -0.461 e. The molecule has 0 aliphatic rings. The van der Waals surface area contributed by atoms with Crippen molar-refractivity contribution in [3.05, 3.63) is 23.8 Å². The van der Waals surface area contributed by atoms with Crippen molar-refractivity contribution < 1.29 is 9.53 Å². The van der Waals surface area contributed by atoms with Crippen LogP contribution < -0.4 is 10.6 Å². The number of nitrogens with two attached hydrogens (primary N) is 1. The van der Waals surface area contributed by atoms with Crippen molar-refractivity contribution in [1.82, 2.24) is 4.90 Å². The van der Waals surface area contributed by atoms with Crippen molar-refractivity contribution in [2.24, 2.45) is 0 Å². The lowest BCUT2D eigenvalue weighted by molar-refractivity contribution is 0.0482. The average molecular weight is 251 g/mol. The standard InChI is InChI=1S/C13H21N3O2/c1-15(2)7-8-18-13(17)11-9-10(14)5-6-12(11)16(3)4/h5-6,9H,7-8,14H2,1-4H3. The predicted molar refractivity (Wildman–Crippen MR) is 74.0 cm³/mol. The van der Waals surface area contributed by atoms with Crippen LogP contribution >= 0.6 is 0 Å². The molecule has 1 rings (SSSR count). The third-order valence-corrected chi connectivity index (χ3v) is 2.49. The lowest BCUT2D eigenvalue weighted by Crippen LogP contribution is -2.21. The van der Waals surface area contributed by atoms with E-state index in [9.17, 15) is 4.79 Å². The van der Waals surface area contributed by atoms with Gasteiger partial charge in [0.05, 0.1) is 11.3 Å². The van der Waals surface area contributed by atoms with Gasteiger partial charge in [0.15, 0.2) is 0 Å². The Morgan fingerprint density at radius 3 is 2.50 bits per heavy atom. The first-order valence-electron chi connectivity index (χ1n) is 5.80. The molecule has 5 nitrogen and oxygen atoms in total. The Kier molecular flexibility index (Phi) is 4.97. The molecule has 0 unspecified atom stereocenters. The zero-order chi connectivity index (χ0) is 13.7. The minimum absolute atomic E-state index is 0.340. The summed E-state index contributed by atoms with van der Waals surface area (Å²) in [6, 6.07) is 5.23. The number of carbonyl (C=O) groups is 1. The number of nitrogen functional groups attached to an aromatic ring is 1. The highest BCUT2D eigenvalue weighted by atomic mass is 16.5. The van der Waals surface area contributed by atoms with Gasteiger partial charge in [0, 0.05) is 26.3 Å². The Morgan fingerprint density at radius 2 is 1.94 bits per heavy atom. The zero-order valence-corrected chi connectivity index (χ0v) is 11.4. The summed E-state index contributed by atoms with van der Waals surface area (Å²) >= 11 is 0. The Bertz CT molecular complexity index is 417. The van der Waals surface area contributed by atoms with Crippen LogP contribution in [0.3, 0.4) is 0 Å². The van der Waals surface area contributed by atoms with E-state index < -0.39 is 0 Å². The van der Waals surface area contributed by atoms with E-state index in [0.29, 0.717) is 24.4 Å². The van der Waals surface area contributed by atoms with Gasteiger partial charge in [-0.25, -0.2) is 4.79 Å². The Hall–Kier alpha value is -1.75. The summed E-state index contributed by atoms with van der Waals surface area (Å²) in [5.41, 5.74) is 7.57. The van der Waals surface area contributed by atoms with Crippen LogP contribution in [0.15, 0.2) is 18.2 Å². The predicted octanol–water partition coefficient (Wildman–Crippen LogP) is 1.05. The number of nitrogens with zero attached hydrogens (tertiary/aromatic N) is 2. The molecule has 0 amide bonds. The lowest BCUT2D eigenvalue weighted by atomic mass is 10.1. The fraction of sp³-hybridized carbons (Fsp3) is 0.462. The molecule has 0 fully saturated rings. The van der Waals surface area contributed by atoms with E-state index >= 15 is 0 Å². The lowest BCUT2D eigenvalue weighted by Gasteiger charge is -2.17. The fourth-order valence-corrected chi connectivity index (χ4v) is 1.51. The van der Waals surface area contributed by atoms with Gasteiger partial charge in [-0.1, -0.05) is 0 Å². The number of anilines is 2. The highest BCUT2D eigenvalue weighted by molar-refractivity contribution is 5.96. The van der Waals surface area contributed by atoms with Gasteiger partial charge in [-0.2, -0.15) is 0 Å². The number of hydrogen-bond donors (Lipinski definition) is 1. The van der Waals surface area contributed by atoms with Gasteiger partial charge in [-0.3, -0.25) is 0 Å². The molecule has 0 saturated carbocycles. The first-order chi connectivity index (χ1) is 8.41. The van der Waals surface area contributed by atoms with Crippen molar-refractivity contribution in [3.8, 4) is 0 Å². The van der Waals surface area contributed by atoms with Gasteiger partial charge < -0.3 is 20.3 Å². The van der Waals surface area contributed by atoms with Gasteiger partial charge in [0.1, 0.15) is 6.61 Å². The maximum Gasteiger partial charge on any atom is 0.340 e. The quantitative estimate of drug-likeness (QED) is 0.626. The van der Waals surface area contributed by atoms with E-state index in [-0.39, 0.29) is 5.97 Å². The molecule has 1 aromatic rings. The van der Waals surface area contributed by atoms with Crippen LogP contribution in [0, 0.1) is 0 Å². The van der Waals surface area contributed by atoms with Crippen molar-refractivity contribution in [2.75, 3.05) is 52.0 Å². The van der Waals surface area contributed by atoms with Crippen molar-refractivity contribution in [3.63, 3.8) is 0 Å². The number of ether oxygens (including phenoxy) is 1. The molecule has 0 aliphatic carbocycles. The van der Waals surface area contributed by atoms with Crippen LogP contribution in [-0.4, -0.2) is 52.2 Å². The SMILES string of the molecule is CN(C)CCOC(=O)c1cc(N)ccc1N(C)C. The minimum atomic E-state index is -0.340. The van der Waals surface area contributed by atoms with Gasteiger partial charge in [0.2, 0.25) is 0 Å². The van der Waals surface area contributed by atoms with Gasteiger partial charge >= 0.3 is 5.97 Å². The molecule has 0 aromatic heterocycles. The fourth-order valence-electron chi connectivity index (χ4n) is 1.51. The van der Waals surface area contributed by atoms with Gasteiger partial charge in [0.25, 0.3) is 0 Å². The molecule has 2 N–H and O–H groups in total. The smallest absolute Gasteiger partial charge is 0.340 e. The molecule has 0 heterocycles. The first-order valence-corrected chi connectivity index (χ1v) is 5.80. The summed E-state index contributed by atoms with van der Waals surface area (Å²) in [6.07, 6.45) is 0. The van der Waals surface area contributed by atoms with E-state index in [4.69, 9.17) is 10.5 Å². The van der Waals surface area contributed by atoms with Crippen LogP contribution in [0.5, 0.6) is 0 Å². The molecule has 0 saturated heterocycles. The summed E-state index contributed by atoms with van der Waals surface area (Å²) in [4.78, 5) is 15.8. The van der Waals surface area contributed by atoms with E-state index in [0.717, 1.165) is 5.69 Å². The van der Waals surface area contributed by atoms with Crippen molar-refractivity contribution >= 4 is 17.3 Å². The van der Waals surface area contributed by atoms with Gasteiger partial charge in [-0.05, 0) is 32.3 Å². The molecule has 1 aromatic carbocycles. The highest BCUT2D eigenvalue weighted by Gasteiger charge is 2.14.